The van der Waals surface area contributed by atoms with Crippen molar-refractivity contribution < 1.29 is 0 Å². The van der Waals surface area contributed by atoms with Crippen LogP contribution in [0.2, 0.25) is 10.0 Å². The molecule has 0 spiro atoms. The predicted octanol–water partition coefficient (Wildman–Crippen LogP) is 4.16. The van der Waals surface area contributed by atoms with Crippen LogP contribution in [-0.4, -0.2) is 4.98 Å². The minimum Gasteiger partial charge on any atom is -0.362 e. The summed E-state index contributed by atoms with van der Waals surface area (Å²) < 4.78 is 0. The highest BCUT2D eigenvalue weighted by Crippen LogP contribution is 2.31. The number of hydrogen-bond acceptors (Lipinski definition) is 4. The van der Waals surface area contributed by atoms with Crippen LogP contribution >= 0.6 is 23.2 Å². The smallest absolute Gasteiger partial charge is 0.161 e. The molecule has 0 radical (unpaired) electrons. The topological polar surface area (TPSA) is 63.0 Å². The van der Waals surface area contributed by atoms with Crippen LogP contribution in [0, 0.1) is 6.92 Å². The van der Waals surface area contributed by atoms with E-state index in [1.165, 1.54) is 11.1 Å². The van der Waals surface area contributed by atoms with Gasteiger partial charge in [-0.1, -0.05) is 47.5 Å². The van der Waals surface area contributed by atoms with Crippen molar-refractivity contribution in [1.29, 1.82) is 0 Å². The van der Waals surface area contributed by atoms with E-state index in [0.717, 1.165) is 0 Å². The van der Waals surface area contributed by atoms with Crippen molar-refractivity contribution in [2.75, 3.05) is 10.7 Å². The number of benzene rings is 1. The monoisotopic (exact) mass is 310 g/mol. The highest BCUT2D eigenvalue weighted by molar-refractivity contribution is 6.37. The number of nitrogens with zero attached hydrogens (tertiary/aromatic N) is 1. The lowest BCUT2D eigenvalue weighted by Gasteiger charge is -2.18. The molecule has 4 nitrogen and oxygen atoms in total. The summed E-state index contributed by atoms with van der Waals surface area (Å²) in [4.78, 5) is 4.27. The SMILES string of the molecule is Cc1ccccc1C(C)Nc1nc(NN)c(Cl)cc1Cl. The maximum Gasteiger partial charge on any atom is 0.161 e. The van der Waals surface area contributed by atoms with Gasteiger partial charge in [-0.15, -0.1) is 0 Å². The molecule has 0 amide bonds. The highest BCUT2D eigenvalue weighted by atomic mass is 35.5. The van der Waals surface area contributed by atoms with E-state index < -0.39 is 0 Å². The van der Waals surface area contributed by atoms with Crippen molar-refractivity contribution in [1.82, 2.24) is 4.98 Å². The van der Waals surface area contributed by atoms with Gasteiger partial charge in [0.05, 0.1) is 16.1 Å². The molecule has 0 aliphatic heterocycles. The van der Waals surface area contributed by atoms with Crippen molar-refractivity contribution >= 4 is 34.8 Å². The van der Waals surface area contributed by atoms with Crippen LogP contribution in [0.1, 0.15) is 24.1 Å². The summed E-state index contributed by atoms with van der Waals surface area (Å²) in [5.74, 6) is 6.29. The third-order valence-corrected chi connectivity index (χ3v) is 3.65. The van der Waals surface area contributed by atoms with Gasteiger partial charge in [0.15, 0.2) is 5.82 Å². The van der Waals surface area contributed by atoms with E-state index in [9.17, 15) is 0 Å². The van der Waals surface area contributed by atoms with Crippen LogP contribution in [0.4, 0.5) is 11.6 Å². The molecule has 0 aliphatic rings. The Kier molecular flexibility index (Phi) is 4.70. The highest BCUT2D eigenvalue weighted by Gasteiger charge is 2.13. The van der Waals surface area contributed by atoms with E-state index in [2.05, 4.69) is 34.8 Å². The molecule has 106 valence electrons. The lowest BCUT2D eigenvalue weighted by atomic mass is 10.0. The fourth-order valence-corrected chi connectivity index (χ4v) is 2.49. The summed E-state index contributed by atoms with van der Waals surface area (Å²) in [7, 11) is 0. The van der Waals surface area contributed by atoms with Crippen molar-refractivity contribution in [3.8, 4) is 0 Å². The molecule has 1 unspecified atom stereocenters. The van der Waals surface area contributed by atoms with Gasteiger partial charge in [0.25, 0.3) is 0 Å². The summed E-state index contributed by atoms with van der Waals surface area (Å²) in [6.45, 7) is 4.11. The van der Waals surface area contributed by atoms with Crippen molar-refractivity contribution in [2.24, 2.45) is 5.84 Å². The third-order valence-electron chi connectivity index (χ3n) is 3.07. The Labute approximate surface area is 128 Å². The molecule has 4 N–H and O–H groups in total. The molecule has 0 aliphatic carbocycles. The van der Waals surface area contributed by atoms with Gasteiger partial charge in [0, 0.05) is 0 Å². The number of aryl methyl sites for hydroxylation is 1. The first kappa shape index (κ1) is 14.9. The molecule has 1 aromatic heterocycles. The van der Waals surface area contributed by atoms with E-state index in [-0.39, 0.29) is 6.04 Å². The van der Waals surface area contributed by atoms with Gasteiger partial charge < -0.3 is 10.7 Å². The first-order valence-electron chi connectivity index (χ1n) is 6.17. The van der Waals surface area contributed by atoms with Crippen LogP contribution in [0.3, 0.4) is 0 Å². The fraction of sp³-hybridized carbons (Fsp3) is 0.214. The first-order chi connectivity index (χ1) is 9.52. The molecule has 2 aromatic rings. The van der Waals surface area contributed by atoms with E-state index in [0.29, 0.717) is 21.7 Å². The lowest BCUT2D eigenvalue weighted by Crippen LogP contribution is -2.13. The van der Waals surface area contributed by atoms with E-state index in [1.54, 1.807) is 6.07 Å². The Balaban J connectivity index is 2.28. The minimum absolute atomic E-state index is 0.0630. The summed E-state index contributed by atoms with van der Waals surface area (Å²) in [5, 5.41) is 4.11. The van der Waals surface area contributed by atoms with Crippen LogP contribution in [0.25, 0.3) is 0 Å². The fourth-order valence-electron chi connectivity index (χ4n) is 2.02. The number of rotatable bonds is 4. The number of halogens is 2. The largest absolute Gasteiger partial charge is 0.362 e. The number of nitrogens with two attached hydrogens (primary N) is 1. The molecule has 0 saturated heterocycles. The van der Waals surface area contributed by atoms with Gasteiger partial charge in [-0.2, -0.15) is 0 Å². The molecular weight excluding hydrogens is 295 g/mol. The van der Waals surface area contributed by atoms with Crippen LogP contribution in [-0.2, 0) is 0 Å². The van der Waals surface area contributed by atoms with Gasteiger partial charge in [-0.25, -0.2) is 10.8 Å². The van der Waals surface area contributed by atoms with Gasteiger partial charge in [0.1, 0.15) is 5.82 Å². The first-order valence-corrected chi connectivity index (χ1v) is 6.93. The number of nitrogen functional groups attached to an aromatic ring is 1. The number of anilines is 2. The molecule has 0 bridgehead atoms. The van der Waals surface area contributed by atoms with E-state index in [1.807, 2.05) is 19.1 Å². The second kappa shape index (κ2) is 6.31. The molecule has 0 saturated carbocycles. The molecule has 1 heterocycles. The molecule has 0 fully saturated rings. The third kappa shape index (κ3) is 3.15. The summed E-state index contributed by atoms with van der Waals surface area (Å²) >= 11 is 12.1. The van der Waals surface area contributed by atoms with Gasteiger partial charge in [0.2, 0.25) is 0 Å². The zero-order valence-corrected chi connectivity index (χ0v) is 12.8. The zero-order chi connectivity index (χ0) is 14.7. The maximum absolute atomic E-state index is 6.15. The number of hydrogen-bond donors (Lipinski definition) is 3. The number of nitrogens with one attached hydrogen (secondary N) is 2. The van der Waals surface area contributed by atoms with Crippen molar-refractivity contribution in [3.05, 3.63) is 51.5 Å². The second-order valence-corrected chi connectivity index (χ2v) is 5.33. The Morgan fingerprint density at radius 3 is 2.45 bits per heavy atom. The second-order valence-electron chi connectivity index (χ2n) is 4.52. The Morgan fingerprint density at radius 2 is 1.80 bits per heavy atom. The van der Waals surface area contributed by atoms with Gasteiger partial charge in [-0.05, 0) is 31.0 Å². The maximum atomic E-state index is 6.15. The summed E-state index contributed by atoms with van der Waals surface area (Å²) in [5.41, 5.74) is 4.83. The minimum atomic E-state index is 0.0630. The summed E-state index contributed by atoms with van der Waals surface area (Å²) in [6, 6.07) is 9.82. The average Bonchev–Trinajstić information content (AvgIpc) is 2.42. The Hall–Kier alpha value is -1.49. The quantitative estimate of drug-likeness (QED) is 0.586. The number of hydrazine groups is 1. The standard InChI is InChI=1S/C14H16Cl2N4/c1-8-5-3-4-6-10(8)9(2)18-13-11(15)7-12(16)14(19-13)20-17/h3-7,9H,17H2,1-2H3,(H2,18,19,20). The molecule has 20 heavy (non-hydrogen) atoms. The van der Waals surface area contributed by atoms with Crippen LogP contribution in [0.15, 0.2) is 30.3 Å². The van der Waals surface area contributed by atoms with E-state index in [4.69, 9.17) is 29.0 Å². The average molecular weight is 311 g/mol. The molecule has 2 rings (SSSR count). The Bertz CT molecular complexity index is 616. The zero-order valence-electron chi connectivity index (χ0n) is 11.2. The molecule has 1 aromatic carbocycles. The van der Waals surface area contributed by atoms with Crippen LogP contribution < -0.4 is 16.6 Å². The molecule has 6 heteroatoms. The predicted molar refractivity (Wildman–Crippen MR) is 85.3 cm³/mol. The number of aromatic nitrogens is 1. The number of pyridine rings is 1. The molecule has 1 atom stereocenters. The summed E-state index contributed by atoms with van der Waals surface area (Å²) in [6.07, 6.45) is 0. The van der Waals surface area contributed by atoms with Crippen molar-refractivity contribution in [3.63, 3.8) is 0 Å². The molecular formula is C14H16Cl2N4. The Morgan fingerprint density at radius 1 is 1.15 bits per heavy atom. The lowest BCUT2D eigenvalue weighted by molar-refractivity contribution is 0.865. The van der Waals surface area contributed by atoms with E-state index >= 15 is 0 Å². The van der Waals surface area contributed by atoms with Crippen molar-refractivity contribution in [2.45, 2.75) is 19.9 Å². The van der Waals surface area contributed by atoms with Crippen LogP contribution in [0.5, 0.6) is 0 Å². The van der Waals surface area contributed by atoms with Gasteiger partial charge in [-0.3, -0.25) is 0 Å². The normalized spacial score (nSPS) is 12.1. The van der Waals surface area contributed by atoms with Gasteiger partial charge >= 0.3 is 0 Å².